The number of allylic oxidation sites excluding steroid dienone is 1. The van der Waals surface area contributed by atoms with Gasteiger partial charge in [0.05, 0.1) is 6.61 Å². The van der Waals surface area contributed by atoms with Crippen LogP contribution in [0.25, 0.3) is 0 Å². The van der Waals surface area contributed by atoms with E-state index in [1.807, 2.05) is 6.08 Å². The van der Waals surface area contributed by atoms with Crippen LogP contribution < -0.4 is 51.4 Å². The van der Waals surface area contributed by atoms with Crippen LogP contribution >= 0.6 is 0 Å². The van der Waals surface area contributed by atoms with Gasteiger partial charge in [-0.1, -0.05) is 148 Å². The molecular formula is C28H55KO4S. The van der Waals surface area contributed by atoms with Crippen molar-refractivity contribution in [3.05, 3.63) is 12.2 Å². The zero-order valence-electron chi connectivity index (χ0n) is 23.0. The summed E-state index contributed by atoms with van der Waals surface area (Å²) < 4.78 is 36.9. The van der Waals surface area contributed by atoms with Gasteiger partial charge < -0.3 is 4.55 Å². The van der Waals surface area contributed by atoms with Crippen molar-refractivity contribution in [2.24, 2.45) is 5.92 Å². The van der Waals surface area contributed by atoms with E-state index >= 15 is 0 Å². The summed E-state index contributed by atoms with van der Waals surface area (Å²) in [5, 5.41) is 0. The van der Waals surface area contributed by atoms with Gasteiger partial charge in [-0.25, -0.2) is 8.42 Å². The molecule has 1 atom stereocenters. The molecule has 0 fully saturated rings. The van der Waals surface area contributed by atoms with Crippen molar-refractivity contribution < 1.29 is 68.5 Å². The van der Waals surface area contributed by atoms with E-state index in [1.54, 1.807) is 0 Å². The van der Waals surface area contributed by atoms with Gasteiger partial charge in [0.1, 0.15) is 0 Å². The normalized spacial score (nSPS) is 12.8. The fourth-order valence-corrected chi connectivity index (χ4v) is 4.68. The van der Waals surface area contributed by atoms with Crippen molar-refractivity contribution in [1.29, 1.82) is 0 Å². The molecule has 0 aromatic carbocycles. The molecule has 34 heavy (non-hydrogen) atoms. The Bertz CT molecular complexity index is 522. The second-order valence-corrected chi connectivity index (χ2v) is 10.9. The summed E-state index contributed by atoms with van der Waals surface area (Å²) in [5.41, 5.74) is 0. The Kier molecular flexibility index (Phi) is 31.7. The summed E-state index contributed by atoms with van der Waals surface area (Å²) in [6, 6.07) is 0. The minimum atomic E-state index is -4.60. The molecule has 6 heteroatoms. The molecule has 0 bridgehead atoms. The molecule has 0 spiro atoms. The largest absolute Gasteiger partial charge is 1.00 e. The maximum absolute atomic E-state index is 10.8. The molecule has 198 valence electrons. The summed E-state index contributed by atoms with van der Waals surface area (Å²) >= 11 is 0. The van der Waals surface area contributed by atoms with E-state index in [0.29, 0.717) is 0 Å². The molecule has 0 heterocycles. The van der Waals surface area contributed by atoms with Crippen LogP contribution in [-0.4, -0.2) is 19.6 Å². The Morgan fingerprint density at radius 3 is 1.44 bits per heavy atom. The Morgan fingerprint density at radius 1 is 0.647 bits per heavy atom. The van der Waals surface area contributed by atoms with Gasteiger partial charge in [0.2, 0.25) is 10.4 Å². The van der Waals surface area contributed by atoms with E-state index in [2.05, 4.69) is 24.1 Å². The van der Waals surface area contributed by atoms with Crippen LogP contribution in [0.4, 0.5) is 0 Å². The predicted octanol–water partition coefficient (Wildman–Crippen LogP) is 6.26. The quantitative estimate of drug-likeness (QED) is 0.0438. The van der Waals surface area contributed by atoms with E-state index in [0.717, 1.165) is 25.7 Å². The minimum absolute atomic E-state index is 0. The van der Waals surface area contributed by atoms with Gasteiger partial charge >= 0.3 is 51.4 Å². The van der Waals surface area contributed by atoms with Crippen LogP contribution in [0.2, 0.25) is 0 Å². The molecular weight excluding hydrogens is 471 g/mol. The molecule has 0 saturated heterocycles. The topological polar surface area (TPSA) is 66.4 Å². The van der Waals surface area contributed by atoms with Crippen LogP contribution in [0, 0.1) is 5.92 Å². The Labute approximate surface area is 256 Å². The molecule has 0 saturated carbocycles. The van der Waals surface area contributed by atoms with Gasteiger partial charge in [-0.15, -0.1) is 0 Å². The first-order valence-electron chi connectivity index (χ1n) is 14.3. The first kappa shape index (κ1) is 37.4. The first-order chi connectivity index (χ1) is 16.0. The summed E-state index contributed by atoms with van der Waals surface area (Å²) in [5.74, 6) is 0.0201. The molecule has 0 amide bonds. The summed E-state index contributed by atoms with van der Waals surface area (Å²) in [7, 11) is -4.60. The predicted molar refractivity (Wildman–Crippen MR) is 141 cm³/mol. The van der Waals surface area contributed by atoms with E-state index < -0.39 is 10.4 Å². The second kappa shape index (κ2) is 28.8. The van der Waals surface area contributed by atoms with Crippen LogP contribution in [0.1, 0.15) is 155 Å². The maximum Gasteiger partial charge on any atom is 1.00 e. The monoisotopic (exact) mass is 526 g/mol. The molecule has 1 unspecified atom stereocenters. The van der Waals surface area contributed by atoms with E-state index in [-0.39, 0.29) is 63.9 Å². The van der Waals surface area contributed by atoms with Crippen molar-refractivity contribution in [2.45, 2.75) is 155 Å². The van der Waals surface area contributed by atoms with Crippen molar-refractivity contribution in [2.75, 3.05) is 6.61 Å². The van der Waals surface area contributed by atoms with Crippen LogP contribution in [0.15, 0.2) is 12.2 Å². The fraction of sp³-hybridized carbons (Fsp3) is 0.929. The molecule has 0 aromatic rings. The molecule has 0 rings (SSSR count). The van der Waals surface area contributed by atoms with Crippen LogP contribution in [-0.2, 0) is 14.6 Å². The smallest absolute Gasteiger partial charge is 0.726 e. The molecule has 0 aliphatic heterocycles. The van der Waals surface area contributed by atoms with E-state index in [1.165, 1.54) is 116 Å². The van der Waals surface area contributed by atoms with Gasteiger partial charge in [-0.05, 0) is 19.3 Å². The summed E-state index contributed by atoms with van der Waals surface area (Å²) in [6.45, 7) is 4.44. The number of rotatable bonds is 26. The Balaban J connectivity index is 0. The third kappa shape index (κ3) is 31.3. The van der Waals surface area contributed by atoms with Crippen molar-refractivity contribution in [3.8, 4) is 0 Å². The maximum atomic E-state index is 10.8. The zero-order chi connectivity index (χ0) is 24.5. The van der Waals surface area contributed by atoms with Gasteiger partial charge in [-0.2, -0.15) is 0 Å². The average Bonchev–Trinajstić information content (AvgIpc) is 2.78. The van der Waals surface area contributed by atoms with Crippen molar-refractivity contribution in [3.63, 3.8) is 0 Å². The third-order valence-corrected chi connectivity index (χ3v) is 6.91. The fourth-order valence-electron chi connectivity index (χ4n) is 4.34. The van der Waals surface area contributed by atoms with E-state index in [4.69, 9.17) is 0 Å². The zero-order valence-corrected chi connectivity index (χ0v) is 27.0. The second-order valence-electron chi connectivity index (χ2n) is 9.82. The molecule has 4 nitrogen and oxygen atoms in total. The minimum Gasteiger partial charge on any atom is -0.726 e. The Hall–Kier alpha value is 1.25. The van der Waals surface area contributed by atoms with Gasteiger partial charge in [0.25, 0.3) is 0 Å². The van der Waals surface area contributed by atoms with Gasteiger partial charge in [-0.3, -0.25) is 4.18 Å². The SMILES string of the molecule is CCCCC/C=C/C(CCCCCCCCCCCCCCCCCCC)COS(=O)(=O)[O-].[K+]. The molecule has 0 N–H and O–H groups in total. The standard InChI is InChI=1S/C28H56O4S.K/c1-3-5-7-9-10-11-12-13-14-15-16-17-18-19-20-22-24-26-28(27-32-33(29,30)31)25-23-21-8-6-4-2;/h23,25,28H,3-22,24,26-27H2,1-2H3,(H,29,30,31);/q;+1/p-1/b25-23+;. The number of hydrogen-bond acceptors (Lipinski definition) is 4. The van der Waals surface area contributed by atoms with Gasteiger partial charge in [0.15, 0.2) is 0 Å². The summed E-state index contributed by atoms with van der Waals surface area (Å²) in [4.78, 5) is 0. The Morgan fingerprint density at radius 2 is 1.03 bits per heavy atom. The van der Waals surface area contributed by atoms with Crippen molar-refractivity contribution in [1.82, 2.24) is 0 Å². The summed E-state index contributed by atoms with van der Waals surface area (Å²) in [6.07, 6.45) is 32.5. The van der Waals surface area contributed by atoms with Crippen molar-refractivity contribution >= 4 is 10.4 Å². The first-order valence-corrected chi connectivity index (χ1v) is 15.6. The number of hydrogen-bond donors (Lipinski definition) is 0. The molecule has 0 aliphatic rings. The van der Waals surface area contributed by atoms with Crippen LogP contribution in [0.3, 0.4) is 0 Å². The van der Waals surface area contributed by atoms with Gasteiger partial charge in [0, 0.05) is 5.92 Å². The van der Waals surface area contributed by atoms with Crippen LogP contribution in [0.5, 0.6) is 0 Å². The van der Waals surface area contributed by atoms with E-state index in [9.17, 15) is 13.0 Å². The molecule has 0 aliphatic carbocycles. The third-order valence-electron chi connectivity index (χ3n) is 6.49. The number of unbranched alkanes of at least 4 members (excludes halogenated alkanes) is 19. The molecule has 0 aromatic heterocycles. The molecule has 0 radical (unpaired) electrons. The average molecular weight is 527 g/mol.